The maximum atomic E-state index is 12.7. The van der Waals surface area contributed by atoms with E-state index in [0.717, 1.165) is 12.4 Å². The highest BCUT2D eigenvalue weighted by Crippen LogP contribution is 2.12. The van der Waals surface area contributed by atoms with Gasteiger partial charge in [-0.25, -0.2) is 9.37 Å². The summed E-state index contributed by atoms with van der Waals surface area (Å²) in [7, 11) is -1.18. The molecule has 1 atom stereocenters. The molecule has 0 saturated heterocycles. The molecule has 90 valence electrons. The quantitative estimate of drug-likeness (QED) is 0.837. The van der Waals surface area contributed by atoms with Gasteiger partial charge in [-0.1, -0.05) is 0 Å². The Balaban J connectivity index is 2.14. The molecule has 5 heteroatoms. The van der Waals surface area contributed by atoms with Crippen molar-refractivity contribution >= 4 is 10.8 Å². The summed E-state index contributed by atoms with van der Waals surface area (Å²) in [5, 5.41) is 0. The standard InChI is InChI=1S/C12H13FN2OS/c1-2-15-8-7-14-12(15)9-17(16)11-5-3-10(13)4-6-11/h3-8H,2,9H2,1H3. The van der Waals surface area contributed by atoms with Gasteiger partial charge in [-0.3, -0.25) is 4.21 Å². The summed E-state index contributed by atoms with van der Waals surface area (Å²) in [5.41, 5.74) is 0. The summed E-state index contributed by atoms with van der Waals surface area (Å²) in [4.78, 5) is 4.79. The number of nitrogens with zero attached hydrogens (tertiary/aromatic N) is 2. The maximum absolute atomic E-state index is 12.7. The van der Waals surface area contributed by atoms with Crippen molar-refractivity contribution in [3.8, 4) is 0 Å². The van der Waals surface area contributed by atoms with E-state index in [1.807, 2.05) is 17.7 Å². The van der Waals surface area contributed by atoms with E-state index in [4.69, 9.17) is 0 Å². The molecule has 0 bridgehead atoms. The molecule has 3 nitrogen and oxygen atoms in total. The van der Waals surface area contributed by atoms with E-state index in [-0.39, 0.29) is 5.82 Å². The van der Waals surface area contributed by atoms with Crippen LogP contribution in [0.3, 0.4) is 0 Å². The van der Waals surface area contributed by atoms with Gasteiger partial charge in [-0.05, 0) is 31.2 Å². The number of aryl methyl sites for hydroxylation is 1. The number of hydrogen-bond acceptors (Lipinski definition) is 2. The lowest BCUT2D eigenvalue weighted by molar-refractivity contribution is 0.626. The highest BCUT2D eigenvalue weighted by molar-refractivity contribution is 7.84. The van der Waals surface area contributed by atoms with Crippen molar-refractivity contribution in [2.45, 2.75) is 24.1 Å². The number of rotatable bonds is 4. The highest BCUT2D eigenvalue weighted by Gasteiger charge is 2.09. The number of halogens is 1. The minimum absolute atomic E-state index is 0.319. The summed E-state index contributed by atoms with van der Waals surface area (Å²) in [6, 6.07) is 5.73. The molecule has 0 amide bonds. The molecule has 0 spiro atoms. The minimum Gasteiger partial charge on any atom is -0.334 e. The molecule has 1 aromatic heterocycles. The number of benzene rings is 1. The summed E-state index contributed by atoms with van der Waals surface area (Å²) in [5.74, 6) is 0.822. The largest absolute Gasteiger partial charge is 0.334 e. The van der Waals surface area contributed by atoms with Crippen LogP contribution in [0.1, 0.15) is 12.7 Å². The molecule has 0 aliphatic rings. The molecule has 1 unspecified atom stereocenters. The fourth-order valence-corrected chi connectivity index (χ4v) is 2.64. The van der Waals surface area contributed by atoms with Crippen molar-refractivity contribution in [1.29, 1.82) is 0 Å². The second-order valence-corrected chi connectivity index (χ2v) is 5.02. The van der Waals surface area contributed by atoms with Gasteiger partial charge in [-0.2, -0.15) is 0 Å². The van der Waals surface area contributed by atoms with Crippen LogP contribution in [0.5, 0.6) is 0 Å². The van der Waals surface area contributed by atoms with Gasteiger partial charge in [0.15, 0.2) is 0 Å². The van der Waals surface area contributed by atoms with E-state index in [0.29, 0.717) is 10.6 Å². The van der Waals surface area contributed by atoms with E-state index in [2.05, 4.69) is 4.98 Å². The molecule has 0 N–H and O–H groups in total. The minimum atomic E-state index is -1.18. The van der Waals surface area contributed by atoms with E-state index in [9.17, 15) is 8.60 Å². The Labute approximate surface area is 102 Å². The van der Waals surface area contributed by atoms with Gasteiger partial charge in [0.05, 0.1) is 16.6 Å². The number of imidazole rings is 1. The zero-order valence-electron chi connectivity index (χ0n) is 9.47. The monoisotopic (exact) mass is 252 g/mol. The van der Waals surface area contributed by atoms with Crippen molar-refractivity contribution in [3.63, 3.8) is 0 Å². The zero-order chi connectivity index (χ0) is 12.3. The lowest BCUT2D eigenvalue weighted by Gasteiger charge is -2.04. The number of aromatic nitrogens is 2. The first-order valence-corrected chi connectivity index (χ1v) is 6.66. The van der Waals surface area contributed by atoms with Crippen LogP contribution in [-0.2, 0) is 23.1 Å². The third kappa shape index (κ3) is 2.79. The Morgan fingerprint density at radius 1 is 1.35 bits per heavy atom. The molecule has 0 aliphatic heterocycles. The third-order valence-electron chi connectivity index (χ3n) is 2.48. The smallest absolute Gasteiger partial charge is 0.123 e. The fourth-order valence-electron chi connectivity index (χ4n) is 1.56. The molecule has 0 radical (unpaired) electrons. The second-order valence-electron chi connectivity index (χ2n) is 3.57. The Kier molecular flexibility index (Phi) is 3.68. The molecule has 2 aromatic rings. The Morgan fingerprint density at radius 2 is 2.06 bits per heavy atom. The van der Waals surface area contributed by atoms with Gasteiger partial charge < -0.3 is 4.57 Å². The van der Waals surface area contributed by atoms with Crippen LogP contribution in [0.25, 0.3) is 0 Å². The average molecular weight is 252 g/mol. The number of hydrogen-bond donors (Lipinski definition) is 0. The van der Waals surface area contributed by atoms with Crippen LogP contribution in [-0.4, -0.2) is 13.8 Å². The lowest BCUT2D eigenvalue weighted by atomic mass is 10.4. The van der Waals surface area contributed by atoms with Gasteiger partial charge in [0, 0.05) is 23.8 Å². The molecule has 0 aliphatic carbocycles. The van der Waals surface area contributed by atoms with Crippen LogP contribution in [0.4, 0.5) is 4.39 Å². The highest BCUT2D eigenvalue weighted by atomic mass is 32.2. The summed E-state index contributed by atoms with van der Waals surface area (Å²) >= 11 is 0. The first-order valence-electron chi connectivity index (χ1n) is 5.34. The van der Waals surface area contributed by atoms with E-state index in [1.165, 1.54) is 12.1 Å². The van der Waals surface area contributed by atoms with Gasteiger partial charge >= 0.3 is 0 Å². The topological polar surface area (TPSA) is 34.9 Å². The Morgan fingerprint density at radius 3 is 2.71 bits per heavy atom. The normalized spacial score (nSPS) is 12.6. The lowest BCUT2D eigenvalue weighted by Crippen LogP contribution is -2.05. The van der Waals surface area contributed by atoms with Crippen LogP contribution >= 0.6 is 0 Å². The summed E-state index contributed by atoms with van der Waals surface area (Å²) in [6.45, 7) is 2.81. The van der Waals surface area contributed by atoms with Crippen molar-refractivity contribution in [2.24, 2.45) is 0 Å². The first-order chi connectivity index (χ1) is 8.20. The molecular weight excluding hydrogens is 239 g/mol. The van der Waals surface area contributed by atoms with E-state index < -0.39 is 10.8 Å². The first kappa shape index (κ1) is 12.0. The SMILES string of the molecule is CCn1ccnc1CS(=O)c1ccc(F)cc1. The van der Waals surface area contributed by atoms with Crippen molar-refractivity contribution in [3.05, 3.63) is 48.3 Å². The summed E-state index contributed by atoms with van der Waals surface area (Å²) in [6.07, 6.45) is 3.55. The average Bonchev–Trinajstić information content (AvgIpc) is 2.77. The predicted molar refractivity (Wildman–Crippen MR) is 64.4 cm³/mol. The second kappa shape index (κ2) is 5.23. The van der Waals surface area contributed by atoms with Crippen LogP contribution in [0, 0.1) is 5.82 Å². The van der Waals surface area contributed by atoms with Gasteiger partial charge in [0.25, 0.3) is 0 Å². The van der Waals surface area contributed by atoms with Crippen molar-refractivity contribution in [2.75, 3.05) is 0 Å². The molecular formula is C12H13FN2OS. The van der Waals surface area contributed by atoms with Gasteiger partial charge in [-0.15, -0.1) is 0 Å². The Bertz CT molecular complexity index is 522. The van der Waals surface area contributed by atoms with Gasteiger partial charge in [0.1, 0.15) is 11.6 Å². The predicted octanol–water partition coefficient (Wildman–Crippen LogP) is 2.35. The molecule has 0 fully saturated rings. The molecule has 1 aromatic carbocycles. The third-order valence-corrected chi connectivity index (χ3v) is 3.80. The Hall–Kier alpha value is -1.49. The van der Waals surface area contributed by atoms with Crippen molar-refractivity contribution < 1.29 is 8.60 Å². The molecule has 0 saturated carbocycles. The van der Waals surface area contributed by atoms with Crippen LogP contribution in [0.15, 0.2) is 41.6 Å². The van der Waals surface area contributed by atoms with Crippen LogP contribution < -0.4 is 0 Å². The molecule has 2 rings (SSSR count). The maximum Gasteiger partial charge on any atom is 0.123 e. The van der Waals surface area contributed by atoms with E-state index in [1.54, 1.807) is 18.3 Å². The van der Waals surface area contributed by atoms with Crippen LogP contribution in [0.2, 0.25) is 0 Å². The van der Waals surface area contributed by atoms with Gasteiger partial charge in [0.2, 0.25) is 0 Å². The van der Waals surface area contributed by atoms with E-state index >= 15 is 0 Å². The molecule has 17 heavy (non-hydrogen) atoms. The fraction of sp³-hybridized carbons (Fsp3) is 0.250. The molecule has 1 heterocycles. The van der Waals surface area contributed by atoms with Crippen molar-refractivity contribution in [1.82, 2.24) is 9.55 Å². The summed E-state index contributed by atoms with van der Waals surface area (Å²) < 4.78 is 26.7. The zero-order valence-corrected chi connectivity index (χ0v) is 10.3.